The number of aromatic nitrogens is 2. The highest BCUT2D eigenvalue weighted by Crippen LogP contribution is 2.20. The zero-order chi connectivity index (χ0) is 14.4. The van der Waals surface area contributed by atoms with Crippen LogP contribution in [0.4, 0.5) is 11.6 Å². The van der Waals surface area contributed by atoms with Gasteiger partial charge in [-0.1, -0.05) is 0 Å². The molecule has 2 aromatic rings. The fourth-order valence-corrected chi connectivity index (χ4v) is 1.70. The number of rotatable bonds is 8. The van der Waals surface area contributed by atoms with Crippen molar-refractivity contribution in [3.8, 4) is 0 Å². The minimum atomic E-state index is -0.504. The van der Waals surface area contributed by atoms with Crippen molar-refractivity contribution in [3.63, 3.8) is 0 Å². The van der Waals surface area contributed by atoms with E-state index in [2.05, 4.69) is 10.3 Å². The zero-order valence-corrected chi connectivity index (χ0v) is 11.1. The second-order valence-electron chi connectivity index (χ2n) is 4.20. The summed E-state index contributed by atoms with van der Waals surface area (Å²) in [5.74, 6) is 1.02. The molecule has 0 saturated carbocycles. The summed E-state index contributed by atoms with van der Waals surface area (Å²) in [6.07, 6.45) is 3.73. The van der Waals surface area contributed by atoms with Gasteiger partial charge in [-0.05, 0) is 28.5 Å². The minimum Gasteiger partial charge on any atom is -0.467 e. The van der Waals surface area contributed by atoms with Crippen LogP contribution in [0.25, 0.3) is 0 Å². The molecule has 0 aliphatic carbocycles. The van der Waals surface area contributed by atoms with Gasteiger partial charge in [0.2, 0.25) is 12.1 Å². The van der Waals surface area contributed by atoms with Crippen LogP contribution in [-0.2, 0) is 18.4 Å². The molecule has 0 spiro atoms. The Morgan fingerprint density at radius 2 is 2.45 bits per heavy atom. The number of nitro groups is 1. The van der Waals surface area contributed by atoms with Crippen molar-refractivity contribution >= 4 is 11.6 Å². The Morgan fingerprint density at radius 3 is 3.15 bits per heavy atom. The monoisotopic (exact) mass is 280 g/mol. The molecule has 1 N–H and O–H groups in total. The van der Waals surface area contributed by atoms with E-state index >= 15 is 0 Å². The number of nitrogens with zero attached hydrogens (tertiary/aromatic N) is 3. The maximum atomic E-state index is 10.8. The van der Waals surface area contributed by atoms with Gasteiger partial charge in [-0.25, -0.2) is 0 Å². The molecule has 108 valence electrons. The topological polar surface area (TPSA) is 95.4 Å². The highest BCUT2D eigenvalue weighted by atomic mass is 16.6. The summed E-state index contributed by atoms with van der Waals surface area (Å²) in [6, 6.07) is 3.65. The van der Waals surface area contributed by atoms with Gasteiger partial charge in [-0.3, -0.25) is 4.57 Å². The van der Waals surface area contributed by atoms with Crippen LogP contribution in [0.15, 0.2) is 29.1 Å². The number of nitrogens with one attached hydrogen (secondary N) is 1. The summed E-state index contributed by atoms with van der Waals surface area (Å²) in [5, 5.41) is 13.7. The van der Waals surface area contributed by atoms with Crippen molar-refractivity contribution in [2.45, 2.75) is 13.0 Å². The summed E-state index contributed by atoms with van der Waals surface area (Å²) >= 11 is 0. The molecule has 2 aromatic heterocycles. The first-order valence-corrected chi connectivity index (χ1v) is 6.18. The lowest BCUT2D eigenvalue weighted by Gasteiger charge is -2.06. The second kappa shape index (κ2) is 6.71. The number of furan rings is 1. The van der Waals surface area contributed by atoms with E-state index in [1.165, 1.54) is 6.33 Å². The largest absolute Gasteiger partial charge is 0.467 e. The molecular formula is C12H16N4O4. The maximum Gasteiger partial charge on any atom is 0.406 e. The third-order valence-electron chi connectivity index (χ3n) is 2.67. The van der Waals surface area contributed by atoms with Gasteiger partial charge >= 0.3 is 5.82 Å². The number of aryl methyl sites for hydroxylation is 1. The predicted octanol–water partition coefficient (Wildman–Crippen LogP) is 1.94. The van der Waals surface area contributed by atoms with E-state index in [1.54, 1.807) is 17.9 Å². The molecular weight excluding hydrogens is 264 g/mol. The smallest absolute Gasteiger partial charge is 0.406 e. The molecule has 0 aliphatic heterocycles. The van der Waals surface area contributed by atoms with E-state index in [9.17, 15) is 10.1 Å². The molecule has 0 aromatic carbocycles. The van der Waals surface area contributed by atoms with Crippen molar-refractivity contribution in [1.29, 1.82) is 0 Å². The maximum absolute atomic E-state index is 10.8. The van der Waals surface area contributed by atoms with Gasteiger partial charge in [-0.2, -0.15) is 0 Å². The minimum absolute atomic E-state index is 0.163. The molecule has 0 unspecified atom stereocenters. The van der Waals surface area contributed by atoms with Crippen LogP contribution in [0.3, 0.4) is 0 Å². The van der Waals surface area contributed by atoms with Gasteiger partial charge < -0.3 is 24.6 Å². The van der Waals surface area contributed by atoms with Crippen LogP contribution < -0.4 is 5.32 Å². The van der Waals surface area contributed by atoms with Gasteiger partial charge in [0.05, 0.1) is 6.26 Å². The van der Waals surface area contributed by atoms with Gasteiger partial charge in [0.25, 0.3) is 0 Å². The Bertz CT molecular complexity index is 550. The average molecular weight is 280 g/mol. The Balaban J connectivity index is 1.68. The zero-order valence-electron chi connectivity index (χ0n) is 11.1. The van der Waals surface area contributed by atoms with Gasteiger partial charge in [-0.15, -0.1) is 0 Å². The number of hydrogen-bond donors (Lipinski definition) is 1. The molecule has 0 aliphatic rings. The standard InChI is InChI=1S/C12H16N4O4/c1-15-9-14-12(16(17)18)11(15)13-5-3-6-19-8-10-4-2-7-20-10/h2,4,7,9,13H,3,5-6,8H2,1H3. The first kappa shape index (κ1) is 14.1. The molecule has 0 bridgehead atoms. The van der Waals surface area contributed by atoms with Crippen LogP contribution >= 0.6 is 0 Å². The molecule has 0 saturated heterocycles. The fourth-order valence-electron chi connectivity index (χ4n) is 1.70. The Labute approximate surface area is 115 Å². The highest BCUT2D eigenvalue weighted by Gasteiger charge is 2.19. The number of hydrogen-bond acceptors (Lipinski definition) is 6. The van der Waals surface area contributed by atoms with E-state index in [0.29, 0.717) is 25.6 Å². The highest BCUT2D eigenvalue weighted by molar-refractivity contribution is 5.51. The molecule has 8 nitrogen and oxygen atoms in total. The lowest BCUT2D eigenvalue weighted by atomic mass is 10.4. The van der Waals surface area contributed by atoms with Crippen LogP contribution in [-0.4, -0.2) is 27.6 Å². The predicted molar refractivity (Wildman–Crippen MR) is 71.3 cm³/mol. The van der Waals surface area contributed by atoms with Gasteiger partial charge in [0.1, 0.15) is 12.4 Å². The van der Waals surface area contributed by atoms with E-state index in [4.69, 9.17) is 9.15 Å². The third kappa shape index (κ3) is 3.58. The molecule has 0 radical (unpaired) electrons. The Hall–Kier alpha value is -2.35. The summed E-state index contributed by atoms with van der Waals surface area (Å²) in [7, 11) is 1.70. The van der Waals surface area contributed by atoms with E-state index < -0.39 is 4.92 Å². The molecule has 20 heavy (non-hydrogen) atoms. The quantitative estimate of drug-likeness (QED) is 0.451. The SMILES string of the molecule is Cn1cnc([N+](=O)[O-])c1NCCCOCc1ccco1. The molecule has 0 amide bonds. The Kier molecular flexibility index (Phi) is 4.72. The van der Waals surface area contributed by atoms with Crippen molar-refractivity contribution in [2.24, 2.45) is 7.05 Å². The van der Waals surface area contributed by atoms with E-state index in [-0.39, 0.29) is 5.82 Å². The molecule has 2 rings (SSSR count). The normalized spacial score (nSPS) is 10.7. The van der Waals surface area contributed by atoms with E-state index in [1.807, 2.05) is 12.1 Å². The fraction of sp³-hybridized carbons (Fsp3) is 0.417. The molecule has 0 fully saturated rings. The lowest BCUT2D eigenvalue weighted by Crippen LogP contribution is -2.09. The van der Waals surface area contributed by atoms with E-state index in [0.717, 1.165) is 12.2 Å². The summed E-state index contributed by atoms with van der Waals surface area (Å²) in [5.41, 5.74) is 0. The summed E-state index contributed by atoms with van der Waals surface area (Å²) in [6.45, 7) is 1.54. The van der Waals surface area contributed by atoms with Crippen LogP contribution in [0.1, 0.15) is 12.2 Å². The average Bonchev–Trinajstić information content (AvgIpc) is 3.04. The lowest BCUT2D eigenvalue weighted by molar-refractivity contribution is -0.388. The van der Waals surface area contributed by atoms with Crippen molar-refractivity contribution in [2.75, 3.05) is 18.5 Å². The number of imidazole rings is 1. The first-order valence-electron chi connectivity index (χ1n) is 6.18. The van der Waals surface area contributed by atoms with Crippen molar-refractivity contribution in [3.05, 3.63) is 40.6 Å². The van der Waals surface area contributed by atoms with Gasteiger partial charge in [0.15, 0.2) is 0 Å². The number of anilines is 1. The Morgan fingerprint density at radius 1 is 1.60 bits per heavy atom. The van der Waals surface area contributed by atoms with Crippen molar-refractivity contribution < 1.29 is 14.1 Å². The summed E-state index contributed by atoms with van der Waals surface area (Å²) < 4.78 is 12.1. The van der Waals surface area contributed by atoms with Crippen LogP contribution in [0.2, 0.25) is 0 Å². The second-order valence-corrected chi connectivity index (χ2v) is 4.20. The van der Waals surface area contributed by atoms with Crippen molar-refractivity contribution in [1.82, 2.24) is 9.55 Å². The van der Waals surface area contributed by atoms with Gasteiger partial charge in [0, 0.05) is 20.2 Å². The number of ether oxygens (including phenoxy) is 1. The molecule has 8 heteroatoms. The van der Waals surface area contributed by atoms with Crippen LogP contribution in [0, 0.1) is 10.1 Å². The third-order valence-corrected chi connectivity index (χ3v) is 2.67. The van der Waals surface area contributed by atoms with Crippen LogP contribution in [0.5, 0.6) is 0 Å². The molecule has 0 atom stereocenters. The molecule has 2 heterocycles. The first-order chi connectivity index (χ1) is 9.68. The summed E-state index contributed by atoms with van der Waals surface area (Å²) in [4.78, 5) is 14.0.